The van der Waals surface area contributed by atoms with Crippen LogP contribution >= 0.6 is 11.6 Å². The van der Waals surface area contributed by atoms with Gasteiger partial charge in [-0.25, -0.2) is 0 Å². The van der Waals surface area contributed by atoms with Crippen LogP contribution in [0.4, 0.5) is 0 Å². The van der Waals surface area contributed by atoms with Crippen LogP contribution in [-0.4, -0.2) is 42.4 Å². The van der Waals surface area contributed by atoms with Gasteiger partial charge < -0.3 is 14.4 Å². The number of halogens is 1. The number of carbonyl (C=O) groups excluding carboxylic acids is 2. The molecule has 1 saturated heterocycles. The fourth-order valence-corrected chi connectivity index (χ4v) is 4.52. The van der Waals surface area contributed by atoms with E-state index in [-0.39, 0.29) is 11.7 Å². The number of likely N-dealkylation sites (tertiary alicyclic amines) is 1. The molecule has 6 heteroatoms. The zero-order valence-electron chi connectivity index (χ0n) is 16.9. The van der Waals surface area contributed by atoms with Crippen LogP contribution in [-0.2, 0) is 0 Å². The van der Waals surface area contributed by atoms with Crippen molar-refractivity contribution < 1.29 is 19.1 Å². The molecule has 0 aromatic heterocycles. The van der Waals surface area contributed by atoms with Crippen molar-refractivity contribution in [2.24, 2.45) is 0 Å². The number of carbonyl (C=O) groups is 2. The maximum Gasteiger partial charge on any atom is 0.257 e. The summed E-state index contributed by atoms with van der Waals surface area (Å²) in [5, 5.41) is 0.492. The monoisotopic (exact) mass is 413 g/mol. The topological polar surface area (TPSA) is 55.8 Å². The molecule has 0 radical (unpaired) electrons. The molecule has 0 atom stereocenters. The van der Waals surface area contributed by atoms with Crippen molar-refractivity contribution in [1.29, 1.82) is 0 Å². The fourth-order valence-electron chi connectivity index (χ4n) is 4.35. The molecule has 2 aromatic carbocycles. The van der Waals surface area contributed by atoms with Gasteiger partial charge in [-0.3, -0.25) is 9.59 Å². The second-order valence-corrected chi connectivity index (χ2v) is 8.42. The number of amides is 1. The first kappa shape index (κ1) is 19.8. The number of ketones is 1. The number of nitrogens with zero attached hydrogens (tertiary/aromatic N) is 1. The molecule has 5 nitrogen and oxygen atoms in total. The number of ether oxygens (including phenoxy) is 2. The molecule has 2 aromatic rings. The average molecular weight is 414 g/mol. The van der Waals surface area contributed by atoms with Gasteiger partial charge in [0.2, 0.25) is 0 Å². The van der Waals surface area contributed by atoms with Crippen molar-refractivity contribution in [3.63, 3.8) is 0 Å². The van der Waals surface area contributed by atoms with Crippen LogP contribution < -0.4 is 9.47 Å². The first-order valence-electron chi connectivity index (χ1n) is 9.78. The summed E-state index contributed by atoms with van der Waals surface area (Å²) in [7, 11) is 1.54. The van der Waals surface area contributed by atoms with Crippen LogP contribution in [0.1, 0.15) is 51.1 Å². The molecular formula is C23H24ClNO4. The zero-order chi connectivity index (χ0) is 20.8. The third-order valence-corrected chi connectivity index (χ3v) is 6.11. The van der Waals surface area contributed by atoms with Crippen LogP contribution in [0.3, 0.4) is 0 Å². The summed E-state index contributed by atoms with van der Waals surface area (Å²) in [6.07, 6.45) is 1.58. The van der Waals surface area contributed by atoms with Gasteiger partial charge in [-0.05, 0) is 49.2 Å². The van der Waals surface area contributed by atoms with Crippen molar-refractivity contribution >= 4 is 23.3 Å². The highest BCUT2D eigenvalue weighted by Gasteiger charge is 2.44. The Balaban J connectivity index is 1.53. The minimum Gasteiger partial charge on any atom is -0.496 e. The van der Waals surface area contributed by atoms with Gasteiger partial charge in [0.05, 0.1) is 24.7 Å². The summed E-state index contributed by atoms with van der Waals surface area (Å²) < 4.78 is 11.7. The Bertz CT molecular complexity index is 993. The predicted molar refractivity (Wildman–Crippen MR) is 111 cm³/mol. The van der Waals surface area contributed by atoms with E-state index in [1.165, 1.54) is 7.11 Å². The standard InChI is InChI=1S/C23H24ClNO4/c1-14-10-15(2)21-17(11-14)19(26)13-23(29-21)6-8-25(9-7-23)22(27)18-12-16(24)4-5-20(18)28-3/h4-5,10-12H,6-9,13H2,1-3H3. The van der Waals surface area contributed by atoms with E-state index >= 15 is 0 Å². The van der Waals surface area contributed by atoms with Crippen molar-refractivity contribution in [1.82, 2.24) is 4.90 Å². The Morgan fingerprint density at radius 3 is 2.59 bits per heavy atom. The summed E-state index contributed by atoms with van der Waals surface area (Å²) >= 11 is 6.08. The van der Waals surface area contributed by atoms with Crippen LogP contribution in [0.2, 0.25) is 5.02 Å². The molecule has 0 bridgehead atoms. The number of hydrogen-bond donors (Lipinski definition) is 0. The largest absolute Gasteiger partial charge is 0.496 e. The second-order valence-electron chi connectivity index (χ2n) is 7.98. The van der Waals surface area contributed by atoms with Gasteiger partial charge >= 0.3 is 0 Å². The summed E-state index contributed by atoms with van der Waals surface area (Å²) in [4.78, 5) is 27.6. The first-order chi connectivity index (χ1) is 13.8. The van der Waals surface area contributed by atoms with Crippen molar-refractivity contribution in [3.8, 4) is 11.5 Å². The Morgan fingerprint density at radius 1 is 1.17 bits per heavy atom. The Labute approximate surface area is 175 Å². The Morgan fingerprint density at radius 2 is 1.90 bits per heavy atom. The molecule has 2 heterocycles. The SMILES string of the molecule is COc1ccc(Cl)cc1C(=O)N1CCC2(CC1)CC(=O)c1cc(C)cc(C)c1O2. The number of hydrogen-bond acceptors (Lipinski definition) is 4. The number of piperidine rings is 1. The number of benzene rings is 2. The van der Waals surface area contributed by atoms with Gasteiger partial charge in [0.1, 0.15) is 17.1 Å². The molecule has 0 N–H and O–H groups in total. The average Bonchev–Trinajstić information content (AvgIpc) is 2.69. The molecule has 4 rings (SSSR count). The van der Waals surface area contributed by atoms with Crippen LogP contribution in [0, 0.1) is 13.8 Å². The Kier molecular flexibility index (Phi) is 5.03. The quantitative estimate of drug-likeness (QED) is 0.721. The molecule has 1 spiro atoms. The van der Waals surface area contributed by atoms with E-state index in [0.29, 0.717) is 60.0 Å². The summed E-state index contributed by atoms with van der Waals surface area (Å²) in [5.74, 6) is 1.20. The molecule has 0 aliphatic carbocycles. The highest BCUT2D eigenvalue weighted by molar-refractivity contribution is 6.31. The number of rotatable bonds is 2. The molecule has 0 unspecified atom stereocenters. The molecule has 1 amide bonds. The maximum atomic E-state index is 13.0. The van der Waals surface area contributed by atoms with Crippen LogP contribution in [0.25, 0.3) is 0 Å². The highest BCUT2D eigenvalue weighted by atomic mass is 35.5. The number of aryl methyl sites for hydroxylation is 2. The molecule has 0 saturated carbocycles. The molecule has 1 fully saturated rings. The van der Waals surface area contributed by atoms with E-state index in [1.807, 2.05) is 26.0 Å². The van der Waals surface area contributed by atoms with Gasteiger partial charge in [-0.15, -0.1) is 0 Å². The van der Waals surface area contributed by atoms with Gasteiger partial charge in [-0.2, -0.15) is 0 Å². The molecule has 152 valence electrons. The van der Waals surface area contributed by atoms with Gasteiger partial charge in [-0.1, -0.05) is 17.7 Å². The van der Waals surface area contributed by atoms with E-state index in [1.54, 1.807) is 23.1 Å². The molecule has 2 aliphatic heterocycles. The lowest BCUT2D eigenvalue weighted by molar-refractivity contribution is -0.00624. The van der Waals surface area contributed by atoms with Crippen molar-refractivity contribution in [2.45, 2.75) is 38.7 Å². The smallest absolute Gasteiger partial charge is 0.257 e. The van der Waals surface area contributed by atoms with E-state index in [9.17, 15) is 9.59 Å². The Hall–Kier alpha value is -2.53. The summed E-state index contributed by atoms with van der Waals surface area (Å²) in [6, 6.07) is 8.98. The first-order valence-corrected chi connectivity index (χ1v) is 10.2. The van der Waals surface area contributed by atoms with E-state index in [4.69, 9.17) is 21.1 Å². The predicted octanol–water partition coefficient (Wildman–Crippen LogP) is 4.61. The third kappa shape index (κ3) is 3.60. The van der Waals surface area contributed by atoms with E-state index in [0.717, 1.165) is 11.1 Å². The minimum atomic E-state index is -0.542. The summed E-state index contributed by atoms with van der Waals surface area (Å²) in [5.41, 5.74) is 2.63. The normalized spacial score (nSPS) is 17.7. The highest BCUT2D eigenvalue weighted by Crippen LogP contribution is 2.41. The molecule has 2 aliphatic rings. The molecular weight excluding hydrogens is 390 g/mol. The number of Topliss-reactive ketones (excluding diaryl/α,β-unsaturated/α-hetero) is 1. The van der Waals surface area contributed by atoms with Crippen molar-refractivity contribution in [2.75, 3.05) is 20.2 Å². The van der Waals surface area contributed by atoms with E-state index < -0.39 is 5.60 Å². The maximum absolute atomic E-state index is 13.0. The lowest BCUT2D eigenvalue weighted by Gasteiger charge is -2.44. The fraction of sp³-hybridized carbons (Fsp3) is 0.391. The summed E-state index contributed by atoms with van der Waals surface area (Å²) in [6.45, 7) is 4.99. The van der Waals surface area contributed by atoms with Gasteiger partial charge in [0, 0.05) is 31.0 Å². The van der Waals surface area contributed by atoms with Gasteiger partial charge in [0.25, 0.3) is 5.91 Å². The lowest BCUT2D eigenvalue weighted by Crippen LogP contribution is -2.52. The van der Waals surface area contributed by atoms with Crippen LogP contribution in [0.15, 0.2) is 30.3 Å². The third-order valence-electron chi connectivity index (χ3n) is 5.87. The van der Waals surface area contributed by atoms with Crippen molar-refractivity contribution in [3.05, 3.63) is 57.6 Å². The van der Waals surface area contributed by atoms with E-state index in [2.05, 4.69) is 0 Å². The lowest BCUT2D eigenvalue weighted by atomic mass is 9.81. The zero-order valence-corrected chi connectivity index (χ0v) is 17.6. The molecule has 29 heavy (non-hydrogen) atoms. The number of methoxy groups -OCH3 is 1. The van der Waals surface area contributed by atoms with Gasteiger partial charge in [0.15, 0.2) is 5.78 Å². The minimum absolute atomic E-state index is 0.117. The second kappa shape index (κ2) is 7.38. The van der Waals surface area contributed by atoms with Crippen LogP contribution in [0.5, 0.6) is 11.5 Å². The number of fused-ring (bicyclic) bond motifs is 1.